The van der Waals surface area contributed by atoms with Crippen LogP contribution in [0.1, 0.15) is 10.4 Å². The van der Waals surface area contributed by atoms with Crippen LogP contribution in [-0.2, 0) is 0 Å². The molecule has 0 unspecified atom stereocenters. The highest BCUT2D eigenvalue weighted by molar-refractivity contribution is 7.80. The number of anilines is 1. The van der Waals surface area contributed by atoms with Crippen LogP contribution in [-0.4, -0.2) is 16.0 Å². The highest BCUT2D eigenvalue weighted by atomic mass is 35.5. The zero-order valence-electron chi connectivity index (χ0n) is 14.5. The van der Waals surface area contributed by atoms with Gasteiger partial charge in [0.2, 0.25) is 5.89 Å². The van der Waals surface area contributed by atoms with Crippen molar-refractivity contribution < 1.29 is 9.21 Å². The highest BCUT2D eigenvalue weighted by Crippen LogP contribution is 2.26. The van der Waals surface area contributed by atoms with E-state index < -0.39 is 0 Å². The van der Waals surface area contributed by atoms with Crippen molar-refractivity contribution in [1.29, 1.82) is 0 Å². The van der Waals surface area contributed by atoms with Crippen molar-refractivity contribution in [1.82, 2.24) is 10.3 Å². The molecule has 2 N–H and O–H groups in total. The first-order chi connectivity index (χ1) is 13.6. The number of oxazole rings is 1. The van der Waals surface area contributed by atoms with Crippen LogP contribution in [0.2, 0.25) is 5.02 Å². The van der Waals surface area contributed by atoms with Crippen LogP contribution in [0.4, 0.5) is 5.69 Å². The van der Waals surface area contributed by atoms with E-state index in [1.807, 2.05) is 42.5 Å². The summed E-state index contributed by atoms with van der Waals surface area (Å²) in [6.45, 7) is 0. The Balaban J connectivity index is 1.47. The Labute approximate surface area is 171 Å². The van der Waals surface area contributed by atoms with Gasteiger partial charge in [-0.05, 0) is 66.8 Å². The van der Waals surface area contributed by atoms with Crippen LogP contribution < -0.4 is 10.6 Å². The third-order valence-corrected chi connectivity index (χ3v) is 4.46. The Morgan fingerprint density at radius 3 is 2.50 bits per heavy atom. The van der Waals surface area contributed by atoms with Crippen molar-refractivity contribution in [3.8, 4) is 11.5 Å². The average molecular weight is 408 g/mol. The van der Waals surface area contributed by atoms with Gasteiger partial charge in [-0.2, -0.15) is 0 Å². The van der Waals surface area contributed by atoms with Gasteiger partial charge in [0.25, 0.3) is 5.91 Å². The smallest absolute Gasteiger partial charge is 0.257 e. The van der Waals surface area contributed by atoms with Gasteiger partial charge in [-0.1, -0.05) is 29.8 Å². The number of benzene rings is 3. The van der Waals surface area contributed by atoms with E-state index in [1.165, 1.54) is 0 Å². The molecule has 4 aromatic rings. The fraction of sp³-hybridized carbons (Fsp3) is 0. The van der Waals surface area contributed by atoms with Gasteiger partial charge in [0, 0.05) is 21.8 Å². The number of halogens is 1. The van der Waals surface area contributed by atoms with Crippen molar-refractivity contribution in [2.45, 2.75) is 0 Å². The Morgan fingerprint density at radius 2 is 1.75 bits per heavy atom. The maximum atomic E-state index is 12.2. The van der Waals surface area contributed by atoms with Crippen molar-refractivity contribution in [3.05, 3.63) is 83.4 Å². The average Bonchev–Trinajstić information content (AvgIpc) is 3.12. The normalized spacial score (nSPS) is 10.6. The fourth-order valence-electron chi connectivity index (χ4n) is 2.65. The molecule has 0 saturated carbocycles. The largest absolute Gasteiger partial charge is 0.436 e. The second-order valence-electron chi connectivity index (χ2n) is 5.98. The summed E-state index contributed by atoms with van der Waals surface area (Å²) in [5.41, 5.74) is 3.42. The zero-order chi connectivity index (χ0) is 19.5. The van der Waals surface area contributed by atoms with E-state index in [4.69, 9.17) is 28.2 Å². The van der Waals surface area contributed by atoms with E-state index >= 15 is 0 Å². The van der Waals surface area contributed by atoms with Gasteiger partial charge in [-0.3, -0.25) is 10.1 Å². The maximum Gasteiger partial charge on any atom is 0.257 e. The minimum Gasteiger partial charge on any atom is -0.436 e. The number of fused-ring (bicyclic) bond motifs is 1. The van der Waals surface area contributed by atoms with Gasteiger partial charge in [0.05, 0.1) is 0 Å². The van der Waals surface area contributed by atoms with Crippen molar-refractivity contribution >= 4 is 51.6 Å². The summed E-state index contributed by atoms with van der Waals surface area (Å²) in [6.07, 6.45) is 0. The molecule has 0 aliphatic rings. The van der Waals surface area contributed by atoms with Crippen LogP contribution in [0.3, 0.4) is 0 Å². The molecule has 0 atom stereocenters. The van der Waals surface area contributed by atoms with Gasteiger partial charge >= 0.3 is 0 Å². The second kappa shape index (κ2) is 7.80. The number of aromatic nitrogens is 1. The van der Waals surface area contributed by atoms with E-state index in [2.05, 4.69) is 15.6 Å². The minimum atomic E-state index is -0.317. The second-order valence-corrected chi connectivity index (χ2v) is 6.83. The molecule has 1 amide bonds. The molecule has 7 heteroatoms. The van der Waals surface area contributed by atoms with Crippen LogP contribution in [0.15, 0.2) is 77.2 Å². The first kappa shape index (κ1) is 18.2. The SMILES string of the molecule is O=C(NC(=S)Nc1ccc2oc(-c3ccccc3)nc2c1)c1ccc(Cl)cc1. The Kier molecular flexibility index (Phi) is 5.06. The molecule has 4 rings (SSSR count). The predicted octanol–water partition coefficient (Wildman–Crippen LogP) is 5.28. The number of rotatable bonds is 3. The molecule has 0 aliphatic carbocycles. The molecule has 0 aliphatic heterocycles. The molecular formula is C21H14ClN3O2S. The summed E-state index contributed by atoms with van der Waals surface area (Å²) in [7, 11) is 0. The Bertz CT molecular complexity index is 1160. The number of hydrogen-bond donors (Lipinski definition) is 2. The lowest BCUT2D eigenvalue weighted by Crippen LogP contribution is -2.34. The van der Waals surface area contributed by atoms with E-state index in [9.17, 15) is 4.79 Å². The molecule has 1 heterocycles. The molecule has 1 aromatic heterocycles. The molecule has 0 radical (unpaired) electrons. The number of nitrogens with zero attached hydrogens (tertiary/aromatic N) is 1. The van der Waals surface area contributed by atoms with Crippen LogP contribution in [0.5, 0.6) is 0 Å². The van der Waals surface area contributed by atoms with E-state index in [-0.39, 0.29) is 11.0 Å². The fourth-order valence-corrected chi connectivity index (χ4v) is 2.98. The lowest BCUT2D eigenvalue weighted by Gasteiger charge is -2.09. The van der Waals surface area contributed by atoms with E-state index in [1.54, 1.807) is 30.3 Å². The molecular weight excluding hydrogens is 394 g/mol. The molecule has 0 fully saturated rings. The Morgan fingerprint density at radius 1 is 1.00 bits per heavy atom. The number of carbonyl (C=O) groups excluding carboxylic acids is 1. The summed E-state index contributed by atoms with van der Waals surface area (Å²) < 4.78 is 5.79. The number of thiocarbonyl (C=S) groups is 1. The number of carbonyl (C=O) groups is 1. The third-order valence-electron chi connectivity index (χ3n) is 4.00. The summed E-state index contributed by atoms with van der Waals surface area (Å²) >= 11 is 11.1. The number of amides is 1. The summed E-state index contributed by atoms with van der Waals surface area (Å²) in [4.78, 5) is 16.7. The van der Waals surface area contributed by atoms with Gasteiger partial charge in [-0.15, -0.1) is 0 Å². The van der Waals surface area contributed by atoms with Crippen molar-refractivity contribution in [2.24, 2.45) is 0 Å². The lowest BCUT2D eigenvalue weighted by atomic mass is 10.2. The highest BCUT2D eigenvalue weighted by Gasteiger charge is 2.11. The predicted molar refractivity (Wildman–Crippen MR) is 115 cm³/mol. The lowest BCUT2D eigenvalue weighted by molar-refractivity contribution is 0.0977. The number of hydrogen-bond acceptors (Lipinski definition) is 4. The summed E-state index contributed by atoms with van der Waals surface area (Å²) in [6, 6.07) is 21.7. The van der Waals surface area contributed by atoms with Gasteiger partial charge in [0.15, 0.2) is 10.7 Å². The summed E-state index contributed by atoms with van der Waals surface area (Å²) in [5, 5.41) is 6.37. The van der Waals surface area contributed by atoms with Gasteiger partial charge in [-0.25, -0.2) is 4.98 Å². The standard InChI is InChI=1S/C21H14ClN3O2S/c22-15-8-6-13(7-9-15)19(26)25-21(28)23-16-10-11-18-17(12-16)24-20(27-18)14-4-2-1-3-5-14/h1-12H,(H2,23,25,26,28). The third kappa shape index (κ3) is 4.03. The Hall–Kier alpha value is -3.22. The van der Waals surface area contributed by atoms with Gasteiger partial charge < -0.3 is 9.73 Å². The summed E-state index contributed by atoms with van der Waals surface area (Å²) in [5.74, 6) is 0.231. The monoisotopic (exact) mass is 407 g/mol. The molecule has 138 valence electrons. The first-order valence-corrected chi connectivity index (χ1v) is 9.21. The van der Waals surface area contributed by atoms with Crippen molar-refractivity contribution in [2.75, 3.05) is 5.32 Å². The van der Waals surface area contributed by atoms with Crippen LogP contribution in [0, 0.1) is 0 Å². The molecule has 0 saturated heterocycles. The number of nitrogens with one attached hydrogen (secondary N) is 2. The van der Waals surface area contributed by atoms with E-state index in [0.717, 1.165) is 5.56 Å². The quantitative estimate of drug-likeness (QED) is 0.452. The molecule has 5 nitrogen and oxygen atoms in total. The first-order valence-electron chi connectivity index (χ1n) is 8.42. The van der Waals surface area contributed by atoms with Crippen LogP contribution >= 0.6 is 23.8 Å². The maximum absolute atomic E-state index is 12.2. The molecule has 0 bridgehead atoms. The minimum absolute atomic E-state index is 0.186. The van der Waals surface area contributed by atoms with Crippen molar-refractivity contribution in [3.63, 3.8) is 0 Å². The van der Waals surface area contributed by atoms with E-state index in [0.29, 0.717) is 33.3 Å². The van der Waals surface area contributed by atoms with Gasteiger partial charge in [0.1, 0.15) is 5.52 Å². The molecule has 3 aromatic carbocycles. The molecule has 0 spiro atoms. The zero-order valence-corrected chi connectivity index (χ0v) is 16.1. The topological polar surface area (TPSA) is 67.2 Å². The molecule has 28 heavy (non-hydrogen) atoms. The van der Waals surface area contributed by atoms with Crippen LogP contribution in [0.25, 0.3) is 22.6 Å².